The van der Waals surface area contributed by atoms with Gasteiger partial charge < -0.3 is 0 Å². The van der Waals surface area contributed by atoms with Gasteiger partial charge in [-0.15, -0.1) is 0 Å². The first kappa shape index (κ1) is 18.9. The average molecular weight is 316 g/mol. The molecule has 1 aromatic carbocycles. The number of carbonyl (C=O) groups excluding carboxylic acids is 2. The number of aryl methyl sites for hydroxylation is 1. The van der Waals surface area contributed by atoms with Gasteiger partial charge in [-0.25, -0.2) is 5.01 Å². The van der Waals surface area contributed by atoms with Crippen LogP contribution >= 0.6 is 0 Å². The number of hydrogen-bond acceptors (Lipinski definition) is 2. The van der Waals surface area contributed by atoms with Gasteiger partial charge in [0.2, 0.25) is 0 Å². The summed E-state index contributed by atoms with van der Waals surface area (Å²) in [6.45, 7) is 13.3. The van der Waals surface area contributed by atoms with Gasteiger partial charge in [-0.3, -0.25) is 15.0 Å². The van der Waals surface area contributed by atoms with E-state index in [0.717, 1.165) is 17.5 Å². The van der Waals surface area contributed by atoms with Gasteiger partial charge >= 0.3 is 0 Å². The smallest absolute Gasteiger partial charge is 0.268 e. The third kappa shape index (κ3) is 4.68. The Morgan fingerprint density at radius 1 is 1.22 bits per heavy atom. The summed E-state index contributed by atoms with van der Waals surface area (Å²) in [4.78, 5) is 25.3. The Morgan fingerprint density at radius 2 is 1.83 bits per heavy atom. The van der Waals surface area contributed by atoms with Crippen molar-refractivity contribution in [2.75, 3.05) is 0 Å². The fraction of sp³-hybridized carbons (Fsp3) is 0.474. The van der Waals surface area contributed by atoms with Crippen molar-refractivity contribution in [2.45, 2.75) is 60.4 Å². The van der Waals surface area contributed by atoms with E-state index in [0.29, 0.717) is 11.1 Å². The molecule has 0 aliphatic heterocycles. The van der Waals surface area contributed by atoms with Gasteiger partial charge in [-0.2, -0.15) is 0 Å². The molecule has 1 rings (SSSR count). The molecule has 0 fully saturated rings. The maximum atomic E-state index is 13.0. The third-order valence-electron chi connectivity index (χ3n) is 3.79. The number of benzene rings is 1. The lowest BCUT2D eigenvalue weighted by Gasteiger charge is -2.36. The molecule has 0 radical (unpaired) electrons. The highest BCUT2D eigenvalue weighted by atomic mass is 16.2. The van der Waals surface area contributed by atoms with E-state index in [4.69, 9.17) is 0 Å². The van der Waals surface area contributed by atoms with Crippen LogP contribution in [0.15, 0.2) is 29.8 Å². The van der Waals surface area contributed by atoms with Gasteiger partial charge in [0, 0.05) is 11.1 Å². The van der Waals surface area contributed by atoms with Crippen LogP contribution in [-0.4, -0.2) is 22.4 Å². The van der Waals surface area contributed by atoms with Crippen LogP contribution in [0.4, 0.5) is 0 Å². The van der Waals surface area contributed by atoms with E-state index in [9.17, 15) is 9.59 Å². The molecule has 1 N–H and O–H groups in total. The van der Waals surface area contributed by atoms with Gasteiger partial charge in [0.15, 0.2) is 0 Å². The van der Waals surface area contributed by atoms with Crippen molar-refractivity contribution in [1.29, 1.82) is 0 Å². The van der Waals surface area contributed by atoms with E-state index in [-0.39, 0.29) is 11.8 Å². The SMILES string of the molecule is CCC=C(C)C(=O)NN(C(=O)c1cccc(C)c1C)C(C)(C)C. The van der Waals surface area contributed by atoms with E-state index in [1.165, 1.54) is 5.01 Å². The van der Waals surface area contributed by atoms with Crippen molar-refractivity contribution in [2.24, 2.45) is 0 Å². The average Bonchev–Trinajstić information content (AvgIpc) is 2.45. The molecule has 4 heteroatoms. The third-order valence-corrected chi connectivity index (χ3v) is 3.79. The van der Waals surface area contributed by atoms with E-state index in [1.807, 2.05) is 59.8 Å². The summed E-state index contributed by atoms with van der Waals surface area (Å²) >= 11 is 0. The zero-order valence-electron chi connectivity index (χ0n) is 15.3. The van der Waals surface area contributed by atoms with Gasteiger partial charge in [0.05, 0.1) is 5.54 Å². The minimum atomic E-state index is -0.532. The molecule has 4 nitrogen and oxygen atoms in total. The number of nitrogens with one attached hydrogen (secondary N) is 1. The summed E-state index contributed by atoms with van der Waals surface area (Å²) < 4.78 is 0. The van der Waals surface area contributed by atoms with E-state index >= 15 is 0 Å². The maximum absolute atomic E-state index is 13.0. The van der Waals surface area contributed by atoms with Gasteiger partial charge in [-0.1, -0.05) is 25.1 Å². The Morgan fingerprint density at radius 3 is 2.35 bits per heavy atom. The second-order valence-corrected chi connectivity index (χ2v) is 6.80. The monoisotopic (exact) mass is 316 g/mol. The quantitative estimate of drug-likeness (QED) is 0.678. The molecular formula is C19H28N2O2. The molecular weight excluding hydrogens is 288 g/mol. The van der Waals surface area contributed by atoms with Crippen molar-refractivity contribution in [3.05, 3.63) is 46.5 Å². The normalized spacial score (nSPS) is 12.0. The first-order valence-corrected chi connectivity index (χ1v) is 7.98. The molecule has 0 heterocycles. The standard InChI is InChI=1S/C19H28N2O2/c1-8-10-14(3)17(22)20-21(19(5,6)7)18(23)16-12-9-11-13(2)15(16)4/h9-12H,8H2,1-7H3,(H,20,22). The Bertz CT molecular complexity index is 625. The second kappa shape index (κ2) is 7.44. The molecule has 0 bridgehead atoms. The fourth-order valence-electron chi connectivity index (χ4n) is 2.21. The number of rotatable bonds is 3. The summed E-state index contributed by atoms with van der Waals surface area (Å²) in [5, 5.41) is 1.42. The molecule has 0 aliphatic carbocycles. The number of hydrogen-bond donors (Lipinski definition) is 1. The van der Waals surface area contributed by atoms with Crippen molar-refractivity contribution in [3.63, 3.8) is 0 Å². The zero-order chi connectivity index (χ0) is 17.8. The summed E-state index contributed by atoms with van der Waals surface area (Å²) in [6.07, 6.45) is 2.62. The summed E-state index contributed by atoms with van der Waals surface area (Å²) in [6, 6.07) is 5.63. The molecule has 126 valence electrons. The van der Waals surface area contributed by atoms with Crippen molar-refractivity contribution >= 4 is 11.8 Å². The Kier molecular flexibility index (Phi) is 6.13. The van der Waals surface area contributed by atoms with Gasteiger partial charge in [0.25, 0.3) is 11.8 Å². The van der Waals surface area contributed by atoms with Gasteiger partial charge in [0.1, 0.15) is 0 Å². The maximum Gasteiger partial charge on any atom is 0.273 e. The van der Waals surface area contributed by atoms with Crippen LogP contribution in [-0.2, 0) is 4.79 Å². The predicted octanol–water partition coefficient (Wildman–Crippen LogP) is 3.93. The lowest BCUT2D eigenvalue weighted by Crippen LogP contribution is -2.56. The van der Waals surface area contributed by atoms with E-state index < -0.39 is 5.54 Å². The number of hydrazine groups is 1. The van der Waals surface area contributed by atoms with E-state index in [2.05, 4.69) is 5.43 Å². The molecule has 0 aromatic heterocycles. The van der Waals surface area contributed by atoms with Crippen molar-refractivity contribution in [1.82, 2.24) is 10.4 Å². The number of nitrogens with zero attached hydrogens (tertiary/aromatic N) is 1. The first-order chi connectivity index (χ1) is 10.6. The molecule has 1 aromatic rings. The molecule has 0 aliphatic rings. The van der Waals surface area contributed by atoms with Crippen LogP contribution in [0.5, 0.6) is 0 Å². The van der Waals surface area contributed by atoms with Crippen LogP contribution in [0.3, 0.4) is 0 Å². The lowest BCUT2D eigenvalue weighted by atomic mass is 10.0. The minimum absolute atomic E-state index is 0.198. The fourth-order valence-corrected chi connectivity index (χ4v) is 2.21. The highest BCUT2D eigenvalue weighted by Gasteiger charge is 2.30. The highest BCUT2D eigenvalue weighted by Crippen LogP contribution is 2.19. The zero-order valence-corrected chi connectivity index (χ0v) is 15.3. The molecule has 0 saturated carbocycles. The highest BCUT2D eigenvalue weighted by molar-refractivity contribution is 5.99. The second-order valence-electron chi connectivity index (χ2n) is 6.80. The Balaban J connectivity index is 3.18. The largest absolute Gasteiger partial charge is 0.273 e. The van der Waals surface area contributed by atoms with Gasteiger partial charge in [-0.05, 0) is 65.2 Å². The van der Waals surface area contributed by atoms with Crippen molar-refractivity contribution < 1.29 is 9.59 Å². The summed E-state index contributed by atoms with van der Waals surface area (Å²) in [5.74, 6) is -0.447. The summed E-state index contributed by atoms with van der Waals surface area (Å²) in [7, 11) is 0. The molecule has 23 heavy (non-hydrogen) atoms. The molecule has 0 unspecified atom stereocenters. The molecule has 0 atom stereocenters. The Hall–Kier alpha value is -2.10. The molecule has 0 saturated heterocycles. The minimum Gasteiger partial charge on any atom is -0.268 e. The number of allylic oxidation sites excluding steroid dienone is 1. The Labute approximate surface area is 139 Å². The molecule has 0 spiro atoms. The van der Waals surface area contributed by atoms with Crippen LogP contribution in [0.1, 0.15) is 62.5 Å². The number of carbonyl (C=O) groups is 2. The first-order valence-electron chi connectivity index (χ1n) is 7.98. The van der Waals surface area contributed by atoms with Crippen LogP contribution in [0, 0.1) is 13.8 Å². The van der Waals surface area contributed by atoms with Crippen LogP contribution < -0.4 is 5.43 Å². The summed E-state index contributed by atoms with van der Waals surface area (Å²) in [5.41, 5.74) is 5.43. The topological polar surface area (TPSA) is 49.4 Å². The molecule has 2 amide bonds. The van der Waals surface area contributed by atoms with E-state index in [1.54, 1.807) is 13.0 Å². The lowest BCUT2D eigenvalue weighted by molar-refractivity contribution is -0.123. The van der Waals surface area contributed by atoms with Crippen LogP contribution in [0.25, 0.3) is 0 Å². The van der Waals surface area contributed by atoms with Crippen molar-refractivity contribution in [3.8, 4) is 0 Å². The van der Waals surface area contributed by atoms with Crippen LogP contribution in [0.2, 0.25) is 0 Å². The number of amides is 2. The predicted molar refractivity (Wildman–Crippen MR) is 94.0 cm³/mol.